The molecular formula is C17H28N2O2. The molecule has 0 spiro atoms. The Balaban J connectivity index is 2.18. The van der Waals surface area contributed by atoms with E-state index in [4.69, 9.17) is 10.5 Å². The van der Waals surface area contributed by atoms with Gasteiger partial charge < -0.3 is 15.6 Å². The molecule has 1 aromatic rings. The summed E-state index contributed by atoms with van der Waals surface area (Å²) in [7, 11) is 0. The number of morpholine rings is 1. The molecule has 0 aromatic heterocycles. The van der Waals surface area contributed by atoms with Gasteiger partial charge in [-0.15, -0.1) is 0 Å². The molecule has 0 saturated carbocycles. The minimum absolute atomic E-state index is 0.204. The van der Waals surface area contributed by atoms with Crippen molar-refractivity contribution in [1.29, 1.82) is 0 Å². The first kappa shape index (κ1) is 16.4. The third kappa shape index (κ3) is 4.04. The second kappa shape index (κ2) is 5.69. The molecule has 1 unspecified atom stereocenters. The van der Waals surface area contributed by atoms with Gasteiger partial charge in [0.05, 0.1) is 11.2 Å². The molecule has 4 nitrogen and oxygen atoms in total. The zero-order valence-electron chi connectivity index (χ0n) is 13.6. The lowest BCUT2D eigenvalue weighted by molar-refractivity contribution is -0.188. The number of ether oxygens (including phenoxy) is 1. The second-order valence-electron chi connectivity index (χ2n) is 7.37. The van der Waals surface area contributed by atoms with Crippen LogP contribution in [0.15, 0.2) is 30.3 Å². The Hall–Kier alpha value is -0.940. The minimum atomic E-state index is -1.02. The second-order valence-corrected chi connectivity index (χ2v) is 7.37. The van der Waals surface area contributed by atoms with Crippen molar-refractivity contribution in [3.63, 3.8) is 0 Å². The maximum Gasteiger partial charge on any atom is 0.114 e. The van der Waals surface area contributed by atoms with Gasteiger partial charge in [-0.25, -0.2) is 0 Å². The first-order chi connectivity index (χ1) is 9.66. The lowest BCUT2D eigenvalue weighted by Gasteiger charge is -2.49. The maximum absolute atomic E-state index is 11.0. The van der Waals surface area contributed by atoms with Crippen molar-refractivity contribution in [3.05, 3.63) is 35.9 Å². The van der Waals surface area contributed by atoms with E-state index in [1.807, 2.05) is 30.3 Å². The van der Waals surface area contributed by atoms with Gasteiger partial charge in [0, 0.05) is 26.2 Å². The summed E-state index contributed by atoms with van der Waals surface area (Å²) in [5.41, 5.74) is 5.27. The number of β-amino-alcohol motifs (C(OH)–C–C–N with tert-alkyl or cyclic N) is 1. The Bertz CT molecular complexity index is 457. The van der Waals surface area contributed by atoms with Crippen LogP contribution in [-0.4, -0.2) is 47.4 Å². The van der Waals surface area contributed by atoms with E-state index < -0.39 is 5.60 Å². The van der Waals surface area contributed by atoms with Crippen molar-refractivity contribution in [2.45, 2.75) is 44.5 Å². The molecule has 1 aliphatic rings. The summed E-state index contributed by atoms with van der Waals surface area (Å²) in [6.45, 7) is 10.6. The van der Waals surface area contributed by atoms with Gasteiger partial charge in [0.15, 0.2) is 0 Å². The minimum Gasteiger partial charge on any atom is -0.382 e. The molecule has 0 bridgehead atoms. The standard InChI is InChI=1S/C17H28N2O2/c1-15(2)11-19(12-16(3,4)21-15)13-17(20,10-18)14-8-6-5-7-9-14/h5-9,20H,10-13,18H2,1-4H3. The fraction of sp³-hybridized carbons (Fsp3) is 0.647. The Labute approximate surface area is 127 Å². The van der Waals surface area contributed by atoms with Crippen LogP contribution in [0.5, 0.6) is 0 Å². The highest BCUT2D eigenvalue weighted by Gasteiger charge is 2.41. The van der Waals surface area contributed by atoms with Gasteiger partial charge in [0.1, 0.15) is 5.60 Å². The average Bonchev–Trinajstić information content (AvgIpc) is 2.35. The number of nitrogens with two attached hydrogens (primary N) is 1. The quantitative estimate of drug-likeness (QED) is 0.887. The summed E-state index contributed by atoms with van der Waals surface area (Å²) in [5.74, 6) is 0. The summed E-state index contributed by atoms with van der Waals surface area (Å²) in [4.78, 5) is 2.25. The van der Waals surface area contributed by atoms with E-state index in [-0.39, 0.29) is 17.7 Å². The molecule has 21 heavy (non-hydrogen) atoms. The number of rotatable bonds is 4. The molecular weight excluding hydrogens is 264 g/mol. The number of aliphatic hydroxyl groups is 1. The molecule has 118 valence electrons. The van der Waals surface area contributed by atoms with Gasteiger partial charge in [-0.05, 0) is 33.3 Å². The molecule has 1 heterocycles. The van der Waals surface area contributed by atoms with Gasteiger partial charge in [-0.2, -0.15) is 0 Å². The van der Waals surface area contributed by atoms with E-state index in [2.05, 4.69) is 32.6 Å². The summed E-state index contributed by atoms with van der Waals surface area (Å²) in [6.07, 6.45) is 0. The molecule has 1 fully saturated rings. The van der Waals surface area contributed by atoms with Crippen LogP contribution < -0.4 is 5.73 Å². The van der Waals surface area contributed by atoms with Crippen molar-refractivity contribution in [3.8, 4) is 0 Å². The van der Waals surface area contributed by atoms with Crippen LogP contribution in [0.1, 0.15) is 33.3 Å². The van der Waals surface area contributed by atoms with E-state index >= 15 is 0 Å². The highest BCUT2D eigenvalue weighted by atomic mass is 16.5. The highest BCUT2D eigenvalue weighted by Crippen LogP contribution is 2.30. The lowest BCUT2D eigenvalue weighted by Crippen LogP contribution is -2.60. The van der Waals surface area contributed by atoms with E-state index in [0.29, 0.717) is 6.54 Å². The summed E-state index contributed by atoms with van der Waals surface area (Å²) < 4.78 is 6.09. The Morgan fingerprint density at radius 2 is 1.67 bits per heavy atom. The maximum atomic E-state index is 11.0. The van der Waals surface area contributed by atoms with Gasteiger partial charge in [0.2, 0.25) is 0 Å². The van der Waals surface area contributed by atoms with Crippen LogP contribution in [0.25, 0.3) is 0 Å². The molecule has 1 atom stereocenters. The largest absolute Gasteiger partial charge is 0.382 e. The van der Waals surface area contributed by atoms with E-state index in [9.17, 15) is 5.11 Å². The van der Waals surface area contributed by atoms with Gasteiger partial charge in [-0.1, -0.05) is 30.3 Å². The third-order valence-electron chi connectivity index (χ3n) is 3.90. The van der Waals surface area contributed by atoms with Gasteiger partial charge >= 0.3 is 0 Å². The predicted molar refractivity (Wildman–Crippen MR) is 85.1 cm³/mol. The molecule has 2 rings (SSSR count). The fourth-order valence-corrected chi connectivity index (χ4v) is 3.45. The van der Waals surface area contributed by atoms with Crippen molar-refractivity contribution in [2.75, 3.05) is 26.2 Å². The predicted octanol–water partition coefficient (Wildman–Crippen LogP) is 1.72. The Kier molecular flexibility index (Phi) is 4.45. The molecule has 0 aliphatic carbocycles. The Morgan fingerprint density at radius 1 is 1.14 bits per heavy atom. The molecule has 4 heteroatoms. The molecule has 0 radical (unpaired) electrons. The number of nitrogens with zero attached hydrogens (tertiary/aromatic N) is 1. The molecule has 0 amide bonds. The van der Waals surface area contributed by atoms with Crippen molar-refractivity contribution in [2.24, 2.45) is 5.73 Å². The SMILES string of the molecule is CC1(C)CN(CC(O)(CN)c2ccccc2)CC(C)(C)O1. The molecule has 3 N–H and O–H groups in total. The average molecular weight is 292 g/mol. The number of benzene rings is 1. The van der Waals surface area contributed by atoms with Gasteiger partial charge in [-0.3, -0.25) is 4.90 Å². The van der Waals surface area contributed by atoms with Crippen LogP contribution in [0.4, 0.5) is 0 Å². The van der Waals surface area contributed by atoms with Crippen LogP contribution in [0, 0.1) is 0 Å². The third-order valence-corrected chi connectivity index (χ3v) is 3.90. The highest BCUT2D eigenvalue weighted by molar-refractivity contribution is 5.23. The normalized spacial score (nSPS) is 24.5. The number of hydrogen-bond acceptors (Lipinski definition) is 4. The first-order valence-electron chi connectivity index (χ1n) is 7.56. The monoisotopic (exact) mass is 292 g/mol. The molecule has 1 aliphatic heterocycles. The Morgan fingerprint density at radius 3 is 2.14 bits per heavy atom. The molecule has 1 aromatic carbocycles. The van der Waals surface area contributed by atoms with Gasteiger partial charge in [0.25, 0.3) is 0 Å². The van der Waals surface area contributed by atoms with Crippen molar-refractivity contribution in [1.82, 2.24) is 4.90 Å². The summed E-state index contributed by atoms with van der Waals surface area (Å²) >= 11 is 0. The number of hydrogen-bond donors (Lipinski definition) is 2. The molecule has 1 saturated heterocycles. The van der Waals surface area contributed by atoms with E-state index in [0.717, 1.165) is 18.7 Å². The van der Waals surface area contributed by atoms with Crippen LogP contribution in [0.2, 0.25) is 0 Å². The fourth-order valence-electron chi connectivity index (χ4n) is 3.45. The van der Waals surface area contributed by atoms with Crippen LogP contribution >= 0.6 is 0 Å². The lowest BCUT2D eigenvalue weighted by atomic mass is 9.91. The summed E-state index contributed by atoms with van der Waals surface area (Å²) in [6, 6.07) is 9.68. The van der Waals surface area contributed by atoms with Crippen LogP contribution in [0.3, 0.4) is 0 Å². The topological polar surface area (TPSA) is 58.7 Å². The zero-order valence-corrected chi connectivity index (χ0v) is 13.6. The van der Waals surface area contributed by atoms with Crippen molar-refractivity contribution < 1.29 is 9.84 Å². The van der Waals surface area contributed by atoms with E-state index in [1.165, 1.54) is 0 Å². The van der Waals surface area contributed by atoms with Crippen molar-refractivity contribution >= 4 is 0 Å². The smallest absolute Gasteiger partial charge is 0.114 e. The zero-order chi connectivity index (χ0) is 15.7. The summed E-state index contributed by atoms with van der Waals surface area (Å²) in [5, 5.41) is 11.0. The first-order valence-corrected chi connectivity index (χ1v) is 7.56. The van der Waals surface area contributed by atoms with E-state index in [1.54, 1.807) is 0 Å². The van der Waals surface area contributed by atoms with Crippen LogP contribution in [-0.2, 0) is 10.3 Å².